The van der Waals surface area contributed by atoms with Crippen molar-refractivity contribution < 1.29 is 14.7 Å². The summed E-state index contributed by atoms with van der Waals surface area (Å²) in [5.74, 6) is -0.902. The van der Waals surface area contributed by atoms with Gasteiger partial charge in [-0.25, -0.2) is 0 Å². The number of fused-ring (bicyclic) bond motifs is 1. The van der Waals surface area contributed by atoms with Gasteiger partial charge in [-0.2, -0.15) is 0 Å². The van der Waals surface area contributed by atoms with E-state index >= 15 is 0 Å². The number of carbonyl (C=O) groups excluding carboxylic acids is 2. The third-order valence-electron chi connectivity index (χ3n) is 4.22. The van der Waals surface area contributed by atoms with Crippen LogP contribution in [-0.4, -0.2) is 36.1 Å². The van der Waals surface area contributed by atoms with Gasteiger partial charge in [0, 0.05) is 30.4 Å². The molecule has 4 N–H and O–H groups in total. The van der Waals surface area contributed by atoms with Crippen molar-refractivity contribution in [2.75, 3.05) is 18.1 Å². The summed E-state index contributed by atoms with van der Waals surface area (Å²) in [5, 5.41) is 12.9. The molecule has 1 aliphatic rings. The summed E-state index contributed by atoms with van der Waals surface area (Å²) < 4.78 is 0. The summed E-state index contributed by atoms with van der Waals surface area (Å²) in [6.45, 7) is 0.770. The SMILES string of the molecule is NC(=O)c1ccc(C(=O)N2CC(CO)NCc3ccccc32)c(Cl)c1. The van der Waals surface area contributed by atoms with Crippen LogP contribution in [0.2, 0.25) is 5.02 Å². The molecule has 0 saturated carbocycles. The number of primary amides is 1. The van der Waals surface area contributed by atoms with E-state index in [9.17, 15) is 14.7 Å². The van der Waals surface area contributed by atoms with E-state index in [1.807, 2.05) is 24.3 Å². The average Bonchev–Trinajstić information content (AvgIpc) is 2.80. The first-order chi connectivity index (χ1) is 12.0. The Morgan fingerprint density at radius 2 is 2.04 bits per heavy atom. The summed E-state index contributed by atoms with van der Waals surface area (Å²) in [4.78, 5) is 26.0. The summed E-state index contributed by atoms with van der Waals surface area (Å²) in [6.07, 6.45) is 0. The van der Waals surface area contributed by atoms with Crippen LogP contribution in [0.25, 0.3) is 0 Å². The van der Waals surface area contributed by atoms with Gasteiger partial charge in [-0.1, -0.05) is 29.8 Å². The zero-order chi connectivity index (χ0) is 18.0. The number of rotatable bonds is 3. The van der Waals surface area contributed by atoms with Gasteiger partial charge in [0.15, 0.2) is 0 Å². The van der Waals surface area contributed by atoms with Crippen LogP contribution in [0.4, 0.5) is 5.69 Å². The molecule has 0 radical (unpaired) electrons. The van der Waals surface area contributed by atoms with Crippen LogP contribution in [0.3, 0.4) is 0 Å². The van der Waals surface area contributed by atoms with Crippen molar-refractivity contribution >= 4 is 29.1 Å². The Morgan fingerprint density at radius 3 is 2.72 bits per heavy atom. The van der Waals surface area contributed by atoms with Crippen LogP contribution >= 0.6 is 11.6 Å². The molecule has 0 aliphatic carbocycles. The van der Waals surface area contributed by atoms with Gasteiger partial charge in [0.05, 0.1) is 17.2 Å². The maximum Gasteiger partial charge on any atom is 0.259 e. The van der Waals surface area contributed by atoms with E-state index < -0.39 is 5.91 Å². The third-order valence-corrected chi connectivity index (χ3v) is 4.53. The van der Waals surface area contributed by atoms with Crippen LogP contribution in [0.15, 0.2) is 42.5 Å². The van der Waals surface area contributed by atoms with Gasteiger partial charge in [-0.05, 0) is 29.8 Å². The number of aliphatic hydroxyl groups is 1. The number of nitrogens with zero attached hydrogens (tertiary/aromatic N) is 1. The van der Waals surface area contributed by atoms with E-state index in [-0.39, 0.29) is 34.7 Å². The number of carbonyl (C=O) groups is 2. The zero-order valence-corrected chi connectivity index (χ0v) is 14.2. The molecule has 0 bridgehead atoms. The Kier molecular flexibility index (Phi) is 5.03. The monoisotopic (exact) mass is 359 g/mol. The minimum Gasteiger partial charge on any atom is -0.395 e. The fraction of sp³-hybridized carbons (Fsp3) is 0.222. The molecule has 2 aromatic carbocycles. The number of para-hydroxylation sites is 1. The summed E-state index contributed by atoms with van der Waals surface area (Å²) >= 11 is 6.21. The second-order valence-electron chi connectivity index (χ2n) is 5.86. The Morgan fingerprint density at radius 1 is 1.28 bits per heavy atom. The fourth-order valence-corrected chi connectivity index (χ4v) is 3.12. The minimum atomic E-state index is -0.606. The summed E-state index contributed by atoms with van der Waals surface area (Å²) in [5.41, 5.74) is 7.49. The maximum absolute atomic E-state index is 13.1. The van der Waals surface area contributed by atoms with Gasteiger partial charge in [-0.15, -0.1) is 0 Å². The molecular formula is C18H18ClN3O3. The van der Waals surface area contributed by atoms with Crippen molar-refractivity contribution in [1.82, 2.24) is 5.32 Å². The number of amides is 2. The number of nitrogens with one attached hydrogen (secondary N) is 1. The van der Waals surface area contributed by atoms with Crippen molar-refractivity contribution in [2.45, 2.75) is 12.6 Å². The highest BCUT2D eigenvalue weighted by Crippen LogP contribution is 2.27. The van der Waals surface area contributed by atoms with Crippen molar-refractivity contribution in [2.24, 2.45) is 5.73 Å². The fourth-order valence-electron chi connectivity index (χ4n) is 2.86. The van der Waals surface area contributed by atoms with Gasteiger partial charge in [0.1, 0.15) is 0 Å². The minimum absolute atomic E-state index is 0.0912. The predicted molar refractivity (Wildman–Crippen MR) is 95.8 cm³/mol. The highest BCUT2D eigenvalue weighted by atomic mass is 35.5. The predicted octanol–water partition coefficient (Wildman–Crippen LogP) is 1.55. The van der Waals surface area contributed by atoms with Crippen LogP contribution in [0.1, 0.15) is 26.3 Å². The average molecular weight is 360 g/mol. The molecule has 0 aromatic heterocycles. The third kappa shape index (κ3) is 3.51. The highest BCUT2D eigenvalue weighted by Gasteiger charge is 2.27. The Hall–Kier alpha value is -2.41. The first kappa shape index (κ1) is 17.4. The smallest absolute Gasteiger partial charge is 0.259 e. The molecule has 25 heavy (non-hydrogen) atoms. The normalized spacial score (nSPS) is 16.9. The van der Waals surface area contributed by atoms with Crippen LogP contribution in [0, 0.1) is 0 Å². The van der Waals surface area contributed by atoms with Gasteiger partial charge in [0.2, 0.25) is 5.91 Å². The second kappa shape index (κ2) is 7.23. The molecule has 2 aromatic rings. The first-order valence-electron chi connectivity index (χ1n) is 7.84. The molecule has 7 heteroatoms. The lowest BCUT2D eigenvalue weighted by Crippen LogP contribution is -2.43. The first-order valence-corrected chi connectivity index (χ1v) is 8.22. The van der Waals surface area contributed by atoms with Gasteiger partial charge in [0.25, 0.3) is 5.91 Å². The molecule has 1 aliphatic heterocycles. The van der Waals surface area contributed by atoms with E-state index in [2.05, 4.69) is 5.32 Å². The number of aliphatic hydroxyl groups excluding tert-OH is 1. The molecule has 0 spiro atoms. The van der Waals surface area contributed by atoms with Crippen molar-refractivity contribution in [1.29, 1.82) is 0 Å². The molecule has 0 fully saturated rings. The zero-order valence-electron chi connectivity index (χ0n) is 13.4. The van der Waals surface area contributed by atoms with E-state index in [0.717, 1.165) is 11.3 Å². The van der Waals surface area contributed by atoms with Crippen molar-refractivity contribution in [3.63, 3.8) is 0 Å². The molecule has 1 unspecified atom stereocenters. The lowest BCUT2D eigenvalue weighted by atomic mass is 10.1. The quantitative estimate of drug-likeness (QED) is 0.774. The van der Waals surface area contributed by atoms with Crippen LogP contribution in [-0.2, 0) is 6.54 Å². The van der Waals surface area contributed by atoms with Gasteiger partial charge >= 0.3 is 0 Å². The van der Waals surface area contributed by atoms with Crippen molar-refractivity contribution in [3.8, 4) is 0 Å². The number of hydrogen-bond donors (Lipinski definition) is 3. The van der Waals surface area contributed by atoms with E-state index in [4.69, 9.17) is 17.3 Å². The molecule has 2 amide bonds. The molecule has 0 saturated heterocycles. The summed E-state index contributed by atoms with van der Waals surface area (Å²) in [6, 6.07) is 11.7. The molecule has 1 atom stereocenters. The summed E-state index contributed by atoms with van der Waals surface area (Å²) in [7, 11) is 0. The number of anilines is 1. The molecule has 130 valence electrons. The largest absolute Gasteiger partial charge is 0.395 e. The van der Waals surface area contributed by atoms with E-state index in [1.165, 1.54) is 18.2 Å². The van der Waals surface area contributed by atoms with Gasteiger partial charge in [-0.3, -0.25) is 9.59 Å². The van der Waals surface area contributed by atoms with Crippen LogP contribution < -0.4 is 16.0 Å². The molecule has 1 heterocycles. The lowest BCUT2D eigenvalue weighted by molar-refractivity contribution is 0.0976. The Bertz CT molecular complexity index is 825. The molecule has 6 nitrogen and oxygen atoms in total. The molecular weight excluding hydrogens is 342 g/mol. The number of hydrogen-bond acceptors (Lipinski definition) is 4. The Balaban J connectivity index is 2.01. The standard InChI is InChI=1S/C18H18ClN3O3/c19-15-7-11(17(20)24)5-6-14(15)18(25)22-9-13(10-23)21-8-12-3-1-2-4-16(12)22/h1-7,13,21,23H,8-10H2,(H2,20,24). The highest BCUT2D eigenvalue weighted by molar-refractivity contribution is 6.35. The topological polar surface area (TPSA) is 95.7 Å². The van der Waals surface area contributed by atoms with E-state index in [0.29, 0.717) is 13.1 Å². The number of benzene rings is 2. The van der Waals surface area contributed by atoms with Gasteiger partial charge < -0.3 is 21.1 Å². The Labute approximate surface area is 150 Å². The number of nitrogens with two attached hydrogens (primary N) is 1. The molecule has 3 rings (SSSR count). The maximum atomic E-state index is 13.1. The second-order valence-corrected chi connectivity index (χ2v) is 6.27. The van der Waals surface area contributed by atoms with Crippen molar-refractivity contribution in [3.05, 3.63) is 64.2 Å². The van der Waals surface area contributed by atoms with E-state index in [1.54, 1.807) is 4.90 Å². The number of halogens is 1. The van der Waals surface area contributed by atoms with Crippen LogP contribution in [0.5, 0.6) is 0 Å². The lowest BCUT2D eigenvalue weighted by Gasteiger charge is -2.25.